The SMILES string of the molecule is COC(=O)CCCCCCNC(=O)n1cc2ccccc2c1. The van der Waals surface area contributed by atoms with E-state index in [2.05, 4.69) is 10.1 Å². The Kier molecular flexibility index (Phi) is 6.01. The fourth-order valence-electron chi connectivity index (χ4n) is 2.34. The standard InChI is InChI=1S/C17H22N2O3/c1-22-16(20)10-4-2-3-7-11-18-17(21)19-12-14-8-5-6-9-15(14)13-19/h5-6,8-9,12-13H,2-4,7,10-11H2,1H3,(H,18,21). The maximum Gasteiger partial charge on any atom is 0.325 e. The lowest BCUT2D eigenvalue weighted by Gasteiger charge is -2.05. The molecule has 5 heteroatoms. The summed E-state index contributed by atoms with van der Waals surface area (Å²) in [4.78, 5) is 23.0. The molecular weight excluding hydrogens is 280 g/mol. The summed E-state index contributed by atoms with van der Waals surface area (Å²) in [5.41, 5.74) is 0. The molecule has 0 saturated heterocycles. The van der Waals surface area contributed by atoms with Crippen LogP contribution in [-0.2, 0) is 9.53 Å². The Hall–Kier alpha value is -2.30. The molecule has 0 radical (unpaired) electrons. The molecule has 1 N–H and O–H groups in total. The molecule has 0 spiro atoms. The van der Waals surface area contributed by atoms with Gasteiger partial charge in [-0.3, -0.25) is 9.36 Å². The molecule has 1 aromatic carbocycles. The zero-order valence-corrected chi connectivity index (χ0v) is 12.9. The smallest absolute Gasteiger partial charge is 0.325 e. The highest BCUT2D eigenvalue weighted by molar-refractivity contribution is 5.88. The number of rotatable bonds is 7. The van der Waals surface area contributed by atoms with Crippen molar-refractivity contribution in [2.75, 3.05) is 13.7 Å². The van der Waals surface area contributed by atoms with Gasteiger partial charge in [0.25, 0.3) is 0 Å². The molecular formula is C17H22N2O3. The van der Waals surface area contributed by atoms with Crippen LogP contribution in [0.25, 0.3) is 10.8 Å². The number of methoxy groups -OCH3 is 1. The minimum absolute atomic E-state index is 0.106. The van der Waals surface area contributed by atoms with Gasteiger partial charge in [0, 0.05) is 25.4 Å². The summed E-state index contributed by atoms with van der Waals surface area (Å²) in [6, 6.07) is 7.78. The van der Waals surface area contributed by atoms with Crippen LogP contribution in [0.2, 0.25) is 0 Å². The molecule has 1 amide bonds. The minimum Gasteiger partial charge on any atom is -0.469 e. The van der Waals surface area contributed by atoms with E-state index in [1.54, 1.807) is 4.57 Å². The summed E-state index contributed by atoms with van der Waals surface area (Å²) in [5.74, 6) is -0.159. The Labute approximate surface area is 130 Å². The van der Waals surface area contributed by atoms with Crippen molar-refractivity contribution in [2.45, 2.75) is 32.1 Å². The second kappa shape index (κ2) is 8.22. The van der Waals surface area contributed by atoms with E-state index in [4.69, 9.17) is 0 Å². The zero-order chi connectivity index (χ0) is 15.8. The highest BCUT2D eigenvalue weighted by Crippen LogP contribution is 2.14. The van der Waals surface area contributed by atoms with Gasteiger partial charge in [-0.1, -0.05) is 37.1 Å². The van der Waals surface area contributed by atoms with E-state index in [1.807, 2.05) is 36.7 Å². The van der Waals surface area contributed by atoms with Gasteiger partial charge in [-0.25, -0.2) is 4.79 Å². The van der Waals surface area contributed by atoms with E-state index in [0.717, 1.165) is 36.5 Å². The summed E-state index contributed by atoms with van der Waals surface area (Å²) in [6.45, 7) is 0.644. The van der Waals surface area contributed by atoms with Crippen LogP contribution in [0, 0.1) is 0 Å². The number of hydrogen-bond donors (Lipinski definition) is 1. The molecule has 0 bridgehead atoms. The van der Waals surface area contributed by atoms with Crippen molar-refractivity contribution in [3.63, 3.8) is 0 Å². The molecule has 2 aromatic rings. The Bertz CT molecular complexity index is 601. The summed E-state index contributed by atoms with van der Waals surface area (Å²) in [6.07, 6.45) is 7.85. The van der Waals surface area contributed by atoms with Crippen molar-refractivity contribution >= 4 is 22.8 Å². The van der Waals surface area contributed by atoms with Gasteiger partial charge in [0.1, 0.15) is 0 Å². The molecule has 22 heavy (non-hydrogen) atoms. The van der Waals surface area contributed by atoms with Crippen molar-refractivity contribution in [1.29, 1.82) is 0 Å². The highest BCUT2D eigenvalue weighted by Gasteiger charge is 2.05. The molecule has 5 nitrogen and oxygen atoms in total. The van der Waals surface area contributed by atoms with Crippen molar-refractivity contribution in [3.05, 3.63) is 36.7 Å². The first-order valence-electron chi connectivity index (χ1n) is 7.62. The molecule has 0 saturated carbocycles. The molecule has 0 atom stereocenters. The Balaban J connectivity index is 1.64. The number of hydrogen-bond acceptors (Lipinski definition) is 3. The topological polar surface area (TPSA) is 60.3 Å². The van der Waals surface area contributed by atoms with Crippen LogP contribution in [0.3, 0.4) is 0 Å². The van der Waals surface area contributed by atoms with Gasteiger partial charge < -0.3 is 10.1 Å². The lowest BCUT2D eigenvalue weighted by atomic mass is 10.1. The Morgan fingerprint density at radius 3 is 2.32 bits per heavy atom. The number of fused-ring (bicyclic) bond motifs is 1. The van der Waals surface area contributed by atoms with Crippen LogP contribution < -0.4 is 5.32 Å². The van der Waals surface area contributed by atoms with E-state index in [1.165, 1.54) is 7.11 Å². The number of carbonyl (C=O) groups excluding carboxylic acids is 2. The molecule has 118 valence electrons. The average Bonchev–Trinajstić information content (AvgIpc) is 2.97. The van der Waals surface area contributed by atoms with E-state index >= 15 is 0 Å². The summed E-state index contributed by atoms with van der Waals surface area (Å²) >= 11 is 0. The van der Waals surface area contributed by atoms with Crippen molar-refractivity contribution in [3.8, 4) is 0 Å². The number of unbranched alkanes of at least 4 members (excludes halogenated alkanes) is 3. The first kappa shape index (κ1) is 16.1. The predicted octanol–water partition coefficient (Wildman–Crippen LogP) is 3.32. The van der Waals surface area contributed by atoms with Crippen molar-refractivity contribution in [1.82, 2.24) is 9.88 Å². The molecule has 0 fully saturated rings. The van der Waals surface area contributed by atoms with Gasteiger partial charge in [-0.05, 0) is 23.6 Å². The van der Waals surface area contributed by atoms with Crippen LogP contribution >= 0.6 is 0 Å². The highest BCUT2D eigenvalue weighted by atomic mass is 16.5. The van der Waals surface area contributed by atoms with E-state index < -0.39 is 0 Å². The molecule has 0 aliphatic heterocycles. The number of amides is 1. The summed E-state index contributed by atoms with van der Waals surface area (Å²) in [5, 5.41) is 5.02. The van der Waals surface area contributed by atoms with Gasteiger partial charge >= 0.3 is 12.0 Å². The molecule has 0 unspecified atom stereocenters. The van der Waals surface area contributed by atoms with Gasteiger partial charge in [-0.15, -0.1) is 0 Å². The third-order valence-corrected chi connectivity index (χ3v) is 3.60. The zero-order valence-electron chi connectivity index (χ0n) is 12.9. The number of nitrogens with one attached hydrogen (secondary N) is 1. The van der Waals surface area contributed by atoms with Crippen molar-refractivity contribution in [2.24, 2.45) is 0 Å². The number of benzene rings is 1. The van der Waals surface area contributed by atoms with Crippen LogP contribution in [0.1, 0.15) is 32.1 Å². The molecule has 0 aliphatic rings. The molecule has 0 aliphatic carbocycles. The fraction of sp³-hybridized carbons (Fsp3) is 0.412. The van der Waals surface area contributed by atoms with Gasteiger partial charge in [0.05, 0.1) is 7.11 Å². The Morgan fingerprint density at radius 2 is 1.68 bits per heavy atom. The second-order valence-corrected chi connectivity index (χ2v) is 5.27. The third kappa shape index (κ3) is 4.62. The quantitative estimate of drug-likeness (QED) is 0.630. The van der Waals surface area contributed by atoms with Crippen LogP contribution in [-0.4, -0.2) is 30.2 Å². The largest absolute Gasteiger partial charge is 0.469 e. The van der Waals surface area contributed by atoms with Gasteiger partial charge in [0.15, 0.2) is 0 Å². The maximum absolute atomic E-state index is 12.0. The minimum atomic E-state index is -0.159. The lowest BCUT2D eigenvalue weighted by Crippen LogP contribution is -2.28. The molecule has 1 heterocycles. The number of carbonyl (C=O) groups is 2. The van der Waals surface area contributed by atoms with Gasteiger partial charge in [0.2, 0.25) is 0 Å². The summed E-state index contributed by atoms with van der Waals surface area (Å²) < 4.78 is 6.17. The molecule has 2 rings (SSSR count). The van der Waals surface area contributed by atoms with E-state index in [-0.39, 0.29) is 12.0 Å². The summed E-state index contributed by atoms with van der Waals surface area (Å²) in [7, 11) is 1.41. The first-order chi connectivity index (χ1) is 10.7. The van der Waals surface area contributed by atoms with E-state index in [9.17, 15) is 9.59 Å². The maximum atomic E-state index is 12.0. The second-order valence-electron chi connectivity index (χ2n) is 5.27. The predicted molar refractivity (Wildman–Crippen MR) is 85.8 cm³/mol. The fourth-order valence-corrected chi connectivity index (χ4v) is 2.34. The number of ether oxygens (including phenoxy) is 1. The van der Waals surface area contributed by atoms with Crippen molar-refractivity contribution < 1.29 is 14.3 Å². The number of esters is 1. The molecule has 1 aromatic heterocycles. The average molecular weight is 302 g/mol. The third-order valence-electron chi connectivity index (χ3n) is 3.60. The first-order valence-corrected chi connectivity index (χ1v) is 7.62. The van der Waals surface area contributed by atoms with Crippen LogP contribution in [0.4, 0.5) is 4.79 Å². The van der Waals surface area contributed by atoms with Gasteiger partial charge in [-0.2, -0.15) is 0 Å². The van der Waals surface area contributed by atoms with Crippen LogP contribution in [0.5, 0.6) is 0 Å². The lowest BCUT2D eigenvalue weighted by molar-refractivity contribution is -0.140. The normalized spacial score (nSPS) is 10.6. The number of nitrogens with zero attached hydrogens (tertiary/aromatic N) is 1. The van der Waals surface area contributed by atoms with Crippen LogP contribution in [0.15, 0.2) is 36.7 Å². The van der Waals surface area contributed by atoms with E-state index in [0.29, 0.717) is 13.0 Å². The number of aromatic nitrogens is 1. The Morgan fingerprint density at radius 1 is 1.05 bits per heavy atom. The monoisotopic (exact) mass is 302 g/mol.